The minimum atomic E-state index is -0.166. The topological polar surface area (TPSA) is 64.0 Å². The van der Waals surface area contributed by atoms with Crippen molar-refractivity contribution in [3.63, 3.8) is 0 Å². The van der Waals surface area contributed by atoms with Crippen molar-refractivity contribution < 1.29 is 4.79 Å². The van der Waals surface area contributed by atoms with E-state index in [0.717, 1.165) is 6.42 Å². The first kappa shape index (κ1) is 12.8. The van der Waals surface area contributed by atoms with Crippen LogP contribution in [0.5, 0.6) is 0 Å². The van der Waals surface area contributed by atoms with Gasteiger partial charge in [0.15, 0.2) is 0 Å². The number of carbonyl (C=O) groups excluding carboxylic acids is 1. The van der Waals surface area contributed by atoms with Crippen molar-refractivity contribution in [1.82, 2.24) is 14.9 Å². The number of nitrogens with one attached hydrogen (secondary N) is 1. The lowest BCUT2D eigenvalue weighted by atomic mass is 10.2. The van der Waals surface area contributed by atoms with Crippen LogP contribution in [0, 0.1) is 0 Å². The van der Waals surface area contributed by atoms with Crippen molar-refractivity contribution >= 4 is 27.5 Å². The first-order valence-corrected chi connectivity index (χ1v) is 6.71. The highest BCUT2D eigenvalue weighted by atomic mass is 32.1. The maximum Gasteiger partial charge on any atom is 0.262 e. The quantitative estimate of drug-likeness (QED) is 0.908. The number of fused-ring (bicyclic) bond motifs is 1. The second kappa shape index (κ2) is 5.30. The molecule has 0 aliphatic carbocycles. The molecule has 2 rings (SSSR count). The lowest BCUT2D eigenvalue weighted by Crippen LogP contribution is -2.37. The fraction of sp³-hybridized carbons (Fsp3) is 0.417. The van der Waals surface area contributed by atoms with E-state index in [1.165, 1.54) is 22.2 Å². The van der Waals surface area contributed by atoms with Crippen LogP contribution in [-0.4, -0.2) is 21.5 Å². The van der Waals surface area contributed by atoms with Crippen LogP contribution in [0.15, 0.2) is 22.6 Å². The number of rotatable bonds is 4. The van der Waals surface area contributed by atoms with Crippen molar-refractivity contribution in [1.29, 1.82) is 0 Å². The Labute approximate surface area is 108 Å². The first-order chi connectivity index (χ1) is 8.61. The van der Waals surface area contributed by atoms with E-state index >= 15 is 0 Å². The Hall–Kier alpha value is -1.69. The van der Waals surface area contributed by atoms with E-state index in [0.29, 0.717) is 10.2 Å². The van der Waals surface area contributed by atoms with Crippen molar-refractivity contribution in [2.24, 2.45) is 0 Å². The maximum atomic E-state index is 12.0. The lowest BCUT2D eigenvalue weighted by molar-refractivity contribution is -0.122. The van der Waals surface area contributed by atoms with Gasteiger partial charge in [0.1, 0.15) is 11.4 Å². The predicted molar refractivity (Wildman–Crippen MR) is 71.8 cm³/mol. The first-order valence-electron chi connectivity index (χ1n) is 5.83. The Kier molecular flexibility index (Phi) is 3.76. The number of hydrogen-bond acceptors (Lipinski definition) is 4. The standard InChI is InChI=1S/C12H15N3O2S/c1-3-8(2)14-10(16)6-15-7-13-11-9(12(15)17)4-5-18-11/h4-5,7-8H,3,6H2,1-2H3,(H,14,16)/t8-/m1/s1. The van der Waals surface area contributed by atoms with Crippen LogP contribution in [0.25, 0.3) is 10.2 Å². The van der Waals surface area contributed by atoms with Crippen molar-refractivity contribution in [2.45, 2.75) is 32.9 Å². The summed E-state index contributed by atoms with van der Waals surface area (Å²) in [5.74, 6) is -0.164. The molecule has 0 saturated carbocycles. The van der Waals surface area contributed by atoms with Gasteiger partial charge in [-0.3, -0.25) is 14.2 Å². The van der Waals surface area contributed by atoms with Crippen LogP contribution < -0.4 is 10.9 Å². The van der Waals surface area contributed by atoms with E-state index in [1.54, 1.807) is 6.07 Å². The van der Waals surface area contributed by atoms with Gasteiger partial charge in [0.05, 0.1) is 11.7 Å². The molecule has 0 radical (unpaired) electrons. The highest BCUT2D eigenvalue weighted by Gasteiger charge is 2.10. The van der Waals surface area contributed by atoms with Crippen LogP contribution in [0.1, 0.15) is 20.3 Å². The van der Waals surface area contributed by atoms with Gasteiger partial charge in [-0.15, -0.1) is 11.3 Å². The van der Waals surface area contributed by atoms with E-state index in [4.69, 9.17) is 0 Å². The maximum absolute atomic E-state index is 12.0. The second-order valence-corrected chi connectivity index (χ2v) is 5.09. The van der Waals surface area contributed by atoms with E-state index in [-0.39, 0.29) is 24.1 Å². The zero-order valence-electron chi connectivity index (χ0n) is 10.3. The summed E-state index contributed by atoms with van der Waals surface area (Å²) in [6, 6.07) is 1.85. The number of nitrogens with zero attached hydrogens (tertiary/aromatic N) is 2. The van der Waals surface area contributed by atoms with E-state index in [9.17, 15) is 9.59 Å². The largest absolute Gasteiger partial charge is 0.352 e. The molecule has 0 aromatic carbocycles. The summed E-state index contributed by atoms with van der Waals surface area (Å²) < 4.78 is 1.34. The third-order valence-corrected chi connectivity index (χ3v) is 3.60. The molecular weight excluding hydrogens is 250 g/mol. The predicted octanol–water partition coefficient (Wildman–Crippen LogP) is 1.37. The number of thiophene rings is 1. The van der Waals surface area contributed by atoms with Crippen LogP contribution in [-0.2, 0) is 11.3 Å². The van der Waals surface area contributed by atoms with E-state index in [1.807, 2.05) is 19.2 Å². The van der Waals surface area contributed by atoms with Crippen molar-refractivity contribution in [2.75, 3.05) is 0 Å². The van der Waals surface area contributed by atoms with Gasteiger partial charge in [-0.2, -0.15) is 0 Å². The van der Waals surface area contributed by atoms with Crippen LogP contribution in [0.2, 0.25) is 0 Å². The summed E-state index contributed by atoms with van der Waals surface area (Å²) in [5, 5.41) is 5.21. The van der Waals surface area contributed by atoms with Gasteiger partial charge in [0.2, 0.25) is 5.91 Å². The molecule has 1 amide bonds. The third-order valence-electron chi connectivity index (χ3n) is 2.78. The van der Waals surface area contributed by atoms with Gasteiger partial charge in [0.25, 0.3) is 5.56 Å². The fourth-order valence-corrected chi connectivity index (χ4v) is 2.31. The molecule has 0 aliphatic heterocycles. The number of aromatic nitrogens is 2. The smallest absolute Gasteiger partial charge is 0.262 e. The molecule has 0 spiro atoms. The number of carbonyl (C=O) groups is 1. The minimum absolute atomic E-state index is 0.0158. The van der Waals surface area contributed by atoms with Gasteiger partial charge >= 0.3 is 0 Å². The van der Waals surface area contributed by atoms with Gasteiger partial charge in [-0.05, 0) is 24.8 Å². The zero-order chi connectivity index (χ0) is 13.1. The van der Waals surface area contributed by atoms with Crippen LogP contribution >= 0.6 is 11.3 Å². The summed E-state index contributed by atoms with van der Waals surface area (Å²) >= 11 is 1.42. The Morgan fingerprint density at radius 2 is 2.39 bits per heavy atom. The molecule has 18 heavy (non-hydrogen) atoms. The fourth-order valence-electron chi connectivity index (χ4n) is 1.58. The Morgan fingerprint density at radius 3 is 3.11 bits per heavy atom. The lowest BCUT2D eigenvalue weighted by Gasteiger charge is -2.11. The van der Waals surface area contributed by atoms with Crippen molar-refractivity contribution in [3.05, 3.63) is 28.1 Å². The molecule has 96 valence electrons. The summed E-state index contributed by atoms with van der Waals surface area (Å²) in [6.07, 6.45) is 2.29. The highest BCUT2D eigenvalue weighted by molar-refractivity contribution is 7.16. The molecule has 0 unspecified atom stereocenters. The zero-order valence-corrected chi connectivity index (χ0v) is 11.2. The van der Waals surface area contributed by atoms with Crippen molar-refractivity contribution in [3.8, 4) is 0 Å². The summed E-state index contributed by atoms with van der Waals surface area (Å²) in [7, 11) is 0. The highest BCUT2D eigenvalue weighted by Crippen LogP contribution is 2.13. The molecule has 2 aromatic rings. The molecule has 1 N–H and O–H groups in total. The van der Waals surface area contributed by atoms with Gasteiger partial charge < -0.3 is 5.32 Å². The Balaban J connectivity index is 2.19. The third kappa shape index (κ3) is 2.59. The number of hydrogen-bond donors (Lipinski definition) is 1. The molecule has 0 fully saturated rings. The monoisotopic (exact) mass is 265 g/mol. The average molecular weight is 265 g/mol. The van der Waals surface area contributed by atoms with Gasteiger partial charge in [-0.25, -0.2) is 4.98 Å². The summed E-state index contributed by atoms with van der Waals surface area (Å²) in [4.78, 5) is 28.6. The Morgan fingerprint density at radius 1 is 1.61 bits per heavy atom. The second-order valence-electron chi connectivity index (χ2n) is 4.19. The molecule has 0 bridgehead atoms. The summed E-state index contributed by atoms with van der Waals surface area (Å²) in [5.41, 5.74) is -0.166. The van der Waals surface area contributed by atoms with E-state index < -0.39 is 0 Å². The molecule has 0 aliphatic rings. The minimum Gasteiger partial charge on any atom is -0.352 e. The molecule has 1 atom stereocenters. The number of amides is 1. The SMILES string of the molecule is CC[C@@H](C)NC(=O)Cn1cnc2sccc2c1=O. The average Bonchev–Trinajstić information content (AvgIpc) is 2.81. The molecule has 2 heterocycles. The molecule has 2 aromatic heterocycles. The normalized spacial score (nSPS) is 12.6. The van der Waals surface area contributed by atoms with Gasteiger partial charge in [-0.1, -0.05) is 6.92 Å². The summed E-state index contributed by atoms with van der Waals surface area (Å²) in [6.45, 7) is 3.94. The Bertz CT molecular complexity index is 617. The molecule has 6 heteroatoms. The van der Waals surface area contributed by atoms with Gasteiger partial charge in [0, 0.05) is 6.04 Å². The molecule has 5 nitrogen and oxygen atoms in total. The van der Waals surface area contributed by atoms with Crippen LogP contribution in [0.3, 0.4) is 0 Å². The molecule has 0 saturated heterocycles. The molecular formula is C12H15N3O2S. The van der Waals surface area contributed by atoms with E-state index in [2.05, 4.69) is 10.3 Å². The van der Waals surface area contributed by atoms with Crippen LogP contribution in [0.4, 0.5) is 0 Å².